The second kappa shape index (κ2) is 9.50. The average molecular weight is 410 g/mol. The van der Waals surface area contributed by atoms with Crippen LogP contribution in [0.4, 0.5) is 5.13 Å². The first kappa shape index (κ1) is 20.8. The Kier molecular flexibility index (Phi) is 6.81. The summed E-state index contributed by atoms with van der Waals surface area (Å²) in [6.45, 7) is 7.70. The van der Waals surface area contributed by atoms with Crippen molar-refractivity contribution >= 4 is 32.6 Å². The number of benzene rings is 2. The highest BCUT2D eigenvalue weighted by molar-refractivity contribution is 7.22. The molecule has 1 amide bonds. The molecule has 6 nitrogen and oxygen atoms in total. The van der Waals surface area contributed by atoms with Crippen molar-refractivity contribution in [3.05, 3.63) is 53.6 Å². The number of aromatic nitrogens is 1. The topological polar surface area (TPSA) is 70.7 Å². The van der Waals surface area contributed by atoms with Crippen LogP contribution in [0, 0.1) is 11.3 Å². The van der Waals surface area contributed by atoms with Crippen molar-refractivity contribution < 1.29 is 14.4 Å². The van der Waals surface area contributed by atoms with Crippen molar-refractivity contribution in [2.45, 2.75) is 13.8 Å². The van der Waals surface area contributed by atoms with E-state index in [9.17, 15) is 4.79 Å². The number of anilines is 1. The van der Waals surface area contributed by atoms with E-state index in [1.807, 2.05) is 18.2 Å². The van der Waals surface area contributed by atoms with Crippen LogP contribution in [0.3, 0.4) is 0 Å². The monoisotopic (exact) mass is 409 g/mol. The average Bonchev–Trinajstić information content (AvgIpc) is 3.20. The third-order valence-electron chi connectivity index (χ3n) is 5.02. The van der Waals surface area contributed by atoms with Gasteiger partial charge in [-0.2, -0.15) is 5.26 Å². The first-order valence-corrected chi connectivity index (χ1v) is 10.5. The van der Waals surface area contributed by atoms with E-state index >= 15 is 0 Å². The second-order valence-corrected chi connectivity index (χ2v) is 7.67. The first-order valence-electron chi connectivity index (χ1n) is 9.70. The maximum Gasteiger partial charge on any atom is 0.260 e. The number of nitriles is 1. The number of amides is 1. The molecule has 150 valence electrons. The summed E-state index contributed by atoms with van der Waals surface area (Å²) in [5, 5.41) is 9.67. The van der Waals surface area contributed by atoms with E-state index in [-0.39, 0.29) is 5.91 Å². The van der Waals surface area contributed by atoms with Crippen LogP contribution in [0.2, 0.25) is 0 Å². The molecule has 0 spiro atoms. The van der Waals surface area contributed by atoms with Crippen LogP contribution in [-0.4, -0.2) is 44.2 Å². The van der Waals surface area contributed by atoms with Crippen molar-refractivity contribution in [2.75, 3.05) is 38.2 Å². The molecule has 0 aliphatic carbocycles. The minimum atomic E-state index is -0.112. The Bertz CT molecular complexity index is 1020. The molecule has 0 atom stereocenters. The highest BCUT2D eigenvalue weighted by Gasteiger charge is 2.23. The van der Waals surface area contributed by atoms with E-state index in [2.05, 4.69) is 19.9 Å². The van der Waals surface area contributed by atoms with E-state index < -0.39 is 0 Å². The summed E-state index contributed by atoms with van der Waals surface area (Å²) in [6, 6.07) is 14.6. The van der Waals surface area contributed by atoms with Gasteiger partial charge in [0.15, 0.2) is 5.13 Å². The number of carbonyl (C=O) groups is 1. The molecule has 0 fully saturated rings. The van der Waals surface area contributed by atoms with Crippen molar-refractivity contribution in [1.82, 2.24) is 4.98 Å². The molecule has 0 radical (unpaired) electrons. The molecule has 0 saturated carbocycles. The summed E-state index contributed by atoms with van der Waals surface area (Å²) in [7, 11) is 1.62. The fraction of sp³-hybridized carbons (Fsp3) is 0.318. The molecule has 1 heterocycles. The number of carbonyl (C=O) groups excluding carboxylic acids is 1. The molecular weight excluding hydrogens is 384 g/mol. The summed E-state index contributed by atoms with van der Waals surface area (Å²) in [5.74, 6) is 0.587. The van der Waals surface area contributed by atoms with Crippen molar-refractivity contribution in [3.63, 3.8) is 0 Å². The highest BCUT2D eigenvalue weighted by atomic mass is 32.1. The number of fused-ring (bicyclic) bond motifs is 1. The van der Waals surface area contributed by atoms with E-state index in [1.165, 1.54) is 16.2 Å². The summed E-state index contributed by atoms with van der Waals surface area (Å²) >= 11 is 1.48. The van der Waals surface area contributed by atoms with Crippen LogP contribution >= 0.6 is 11.3 Å². The molecule has 0 aliphatic rings. The van der Waals surface area contributed by atoms with Gasteiger partial charge >= 0.3 is 0 Å². The lowest BCUT2D eigenvalue weighted by atomic mass is 10.1. The molecule has 7 heteroatoms. The Morgan fingerprint density at radius 1 is 1.21 bits per heavy atom. The molecule has 2 aromatic carbocycles. The molecule has 0 saturated heterocycles. The minimum Gasteiger partial charge on any atom is -0.494 e. The van der Waals surface area contributed by atoms with Gasteiger partial charge < -0.3 is 9.64 Å². The maximum absolute atomic E-state index is 13.3. The number of hydrogen-bond acceptors (Lipinski definition) is 5. The predicted molar refractivity (Wildman–Crippen MR) is 116 cm³/mol. The molecule has 0 aliphatic heterocycles. The van der Waals surface area contributed by atoms with Crippen molar-refractivity contribution in [3.8, 4) is 11.8 Å². The normalized spacial score (nSPS) is 10.9. The number of methoxy groups -OCH3 is 1. The SMILES string of the molecule is CC[NH+](CC)CCN(C(=O)c1ccc(C#N)cc1)c1nc2c(OC)cccc2s1. The van der Waals surface area contributed by atoms with Crippen molar-refractivity contribution in [1.29, 1.82) is 5.26 Å². The number of nitrogens with zero attached hydrogens (tertiary/aromatic N) is 3. The van der Waals surface area contributed by atoms with Crippen molar-refractivity contribution in [2.24, 2.45) is 0 Å². The van der Waals surface area contributed by atoms with Crippen LogP contribution in [0.25, 0.3) is 10.2 Å². The number of rotatable bonds is 8. The summed E-state index contributed by atoms with van der Waals surface area (Å²) in [5.41, 5.74) is 1.85. The number of para-hydroxylation sites is 1. The van der Waals surface area contributed by atoms with Gasteiger partial charge in [0.05, 0.1) is 49.6 Å². The number of nitrogens with one attached hydrogen (secondary N) is 1. The van der Waals surface area contributed by atoms with Crippen LogP contribution in [0.15, 0.2) is 42.5 Å². The summed E-state index contributed by atoms with van der Waals surface area (Å²) < 4.78 is 6.41. The highest BCUT2D eigenvalue weighted by Crippen LogP contribution is 2.34. The van der Waals surface area contributed by atoms with Gasteiger partial charge in [0.1, 0.15) is 11.3 Å². The lowest BCUT2D eigenvalue weighted by molar-refractivity contribution is -0.894. The predicted octanol–water partition coefficient (Wildman–Crippen LogP) is 2.75. The Balaban J connectivity index is 1.98. The van der Waals surface area contributed by atoms with Gasteiger partial charge in [0.25, 0.3) is 5.91 Å². The molecule has 29 heavy (non-hydrogen) atoms. The van der Waals surface area contributed by atoms with Crippen LogP contribution < -0.4 is 14.5 Å². The standard InChI is InChI=1S/C22H24N4O2S/c1-4-25(5-2)13-14-26(21(27)17-11-9-16(15-23)10-12-17)22-24-20-18(28-3)7-6-8-19(20)29-22/h6-12H,4-5,13-14H2,1-3H3/p+1. The fourth-order valence-electron chi connectivity index (χ4n) is 3.19. The Hall–Kier alpha value is -2.95. The molecule has 0 unspecified atom stereocenters. The molecule has 1 N–H and O–H groups in total. The van der Waals surface area contributed by atoms with Gasteiger partial charge in [0.2, 0.25) is 0 Å². The van der Waals surface area contributed by atoms with Crippen LogP contribution in [0.1, 0.15) is 29.8 Å². The molecule has 3 rings (SSSR count). The summed E-state index contributed by atoms with van der Waals surface area (Å²) in [4.78, 5) is 21.2. The Labute approximate surface area is 175 Å². The van der Waals surface area contributed by atoms with Gasteiger partial charge in [0, 0.05) is 5.56 Å². The lowest BCUT2D eigenvalue weighted by Gasteiger charge is -2.23. The molecular formula is C22H25N4O2S+. The molecule has 0 bridgehead atoms. The largest absolute Gasteiger partial charge is 0.494 e. The second-order valence-electron chi connectivity index (χ2n) is 6.66. The number of hydrogen-bond donors (Lipinski definition) is 1. The Morgan fingerprint density at radius 2 is 1.93 bits per heavy atom. The van der Waals surface area contributed by atoms with E-state index in [0.717, 1.165) is 29.9 Å². The van der Waals surface area contributed by atoms with Crippen LogP contribution in [-0.2, 0) is 0 Å². The summed E-state index contributed by atoms with van der Waals surface area (Å²) in [6.07, 6.45) is 0. The van der Waals surface area contributed by atoms with Gasteiger partial charge in [-0.1, -0.05) is 17.4 Å². The zero-order valence-corrected chi connectivity index (χ0v) is 17.8. The quantitative estimate of drug-likeness (QED) is 0.621. The van der Waals surface area contributed by atoms with E-state index in [0.29, 0.717) is 28.6 Å². The third kappa shape index (κ3) is 4.56. The van der Waals surface area contributed by atoms with E-state index in [4.69, 9.17) is 15.0 Å². The van der Waals surface area contributed by atoms with Gasteiger partial charge in [-0.3, -0.25) is 9.69 Å². The number of likely N-dealkylation sites (N-methyl/N-ethyl adjacent to an activating group) is 1. The number of quaternary nitrogens is 1. The van der Waals surface area contributed by atoms with E-state index in [1.54, 1.807) is 36.3 Å². The number of ether oxygens (including phenoxy) is 1. The Morgan fingerprint density at radius 3 is 2.55 bits per heavy atom. The molecule has 3 aromatic rings. The lowest BCUT2D eigenvalue weighted by Crippen LogP contribution is -3.12. The molecule has 1 aromatic heterocycles. The number of thiazole rings is 1. The van der Waals surface area contributed by atoms with Gasteiger partial charge in [-0.05, 0) is 50.2 Å². The fourth-order valence-corrected chi connectivity index (χ4v) is 4.20. The third-order valence-corrected chi connectivity index (χ3v) is 6.06. The van der Waals surface area contributed by atoms with Crippen LogP contribution in [0.5, 0.6) is 5.75 Å². The maximum atomic E-state index is 13.3. The van der Waals surface area contributed by atoms with Gasteiger partial charge in [-0.25, -0.2) is 4.98 Å². The van der Waals surface area contributed by atoms with Gasteiger partial charge in [-0.15, -0.1) is 0 Å². The first-order chi connectivity index (χ1) is 14.1. The smallest absolute Gasteiger partial charge is 0.260 e. The zero-order valence-electron chi connectivity index (χ0n) is 16.9. The minimum absolute atomic E-state index is 0.112. The zero-order chi connectivity index (χ0) is 20.8.